The summed E-state index contributed by atoms with van der Waals surface area (Å²) in [6, 6.07) is 21.2. The van der Waals surface area contributed by atoms with Gasteiger partial charge in [-0.25, -0.2) is 0 Å². The van der Waals surface area contributed by atoms with E-state index in [0.717, 1.165) is 0 Å². The van der Waals surface area contributed by atoms with Gasteiger partial charge in [0.05, 0.1) is 12.7 Å². The van der Waals surface area contributed by atoms with Crippen LogP contribution < -0.4 is 10.4 Å². The van der Waals surface area contributed by atoms with Crippen LogP contribution in [0.15, 0.2) is 72.8 Å². The van der Waals surface area contributed by atoms with Crippen LogP contribution in [-0.2, 0) is 4.43 Å². The van der Waals surface area contributed by atoms with Crippen molar-refractivity contribution in [2.45, 2.75) is 45.8 Å². The van der Waals surface area contributed by atoms with E-state index in [1.807, 2.05) is 26.0 Å². The molecule has 2 aromatic carbocycles. The zero-order valence-electron chi connectivity index (χ0n) is 16.6. The smallest absolute Gasteiger partial charge is 0.261 e. The lowest BCUT2D eigenvalue weighted by Crippen LogP contribution is -2.66. The summed E-state index contributed by atoms with van der Waals surface area (Å²) in [5.41, 5.74) is 0. The number of rotatable bonds is 7. The zero-order chi connectivity index (χ0) is 19.2. The third-order valence-corrected chi connectivity index (χ3v) is 9.83. The molecule has 1 atom stereocenters. The molecule has 0 fully saturated rings. The van der Waals surface area contributed by atoms with Gasteiger partial charge in [-0.3, -0.25) is 0 Å². The largest absolute Gasteiger partial charge is 0.404 e. The lowest BCUT2D eigenvalue weighted by Gasteiger charge is -2.42. The topological polar surface area (TPSA) is 29.5 Å². The summed E-state index contributed by atoms with van der Waals surface area (Å²) in [5.74, 6) is 0.208. The molecule has 3 heteroatoms. The van der Waals surface area contributed by atoms with Gasteiger partial charge in [0.25, 0.3) is 8.32 Å². The molecule has 0 heterocycles. The molecule has 0 bridgehead atoms. The molecule has 0 aliphatic heterocycles. The van der Waals surface area contributed by atoms with Gasteiger partial charge in [-0.1, -0.05) is 107 Å². The molecule has 26 heavy (non-hydrogen) atoms. The van der Waals surface area contributed by atoms with E-state index in [2.05, 4.69) is 81.4 Å². The maximum absolute atomic E-state index is 10.0. The highest BCUT2D eigenvalue weighted by atomic mass is 28.4. The molecule has 0 aliphatic carbocycles. The lowest BCUT2D eigenvalue weighted by atomic mass is 10.1. The Bertz CT molecular complexity index is 648. The van der Waals surface area contributed by atoms with Crippen molar-refractivity contribution in [3.63, 3.8) is 0 Å². The van der Waals surface area contributed by atoms with Crippen LogP contribution >= 0.6 is 0 Å². The van der Waals surface area contributed by atoms with Crippen LogP contribution in [0, 0.1) is 5.92 Å². The maximum Gasteiger partial charge on any atom is 0.261 e. The van der Waals surface area contributed by atoms with Gasteiger partial charge >= 0.3 is 0 Å². The molecule has 1 N–H and O–H groups in total. The Morgan fingerprint density at radius 1 is 0.923 bits per heavy atom. The highest BCUT2D eigenvalue weighted by Crippen LogP contribution is 2.36. The Balaban J connectivity index is 2.44. The monoisotopic (exact) mass is 368 g/mol. The number of aliphatic hydroxyl groups excluding tert-OH is 1. The van der Waals surface area contributed by atoms with E-state index in [1.165, 1.54) is 10.4 Å². The SMILES string of the molecule is CC(C)[C@@H](O)/C=C/CO[Si](c1ccccc1)(c1ccccc1)C(C)(C)C. The normalized spacial score (nSPS) is 14.1. The molecule has 0 radical (unpaired) electrons. The lowest BCUT2D eigenvalue weighted by molar-refractivity contribution is 0.171. The van der Waals surface area contributed by atoms with Crippen molar-refractivity contribution in [1.29, 1.82) is 0 Å². The summed E-state index contributed by atoms with van der Waals surface area (Å²) in [6.07, 6.45) is 3.38. The summed E-state index contributed by atoms with van der Waals surface area (Å²) < 4.78 is 6.74. The van der Waals surface area contributed by atoms with Crippen molar-refractivity contribution in [2.75, 3.05) is 6.61 Å². The van der Waals surface area contributed by atoms with Crippen molar-refractivity contribution in [3.8, 4) is 0 Å². The quantitative estimate of drug-likeness (QED) is 0.588. The van der Waals surface area contributed by atoms with E-state index < -0.39 is 14.4 Å². The molecule has 0 spiro atoms. The van der Waals surface area contributed by atoms with Gasteiger partial charge in [-0.05, 0) is 21.3 Å². The average Bonchev–Trinajstić information content (AvgIpc) is 2.62. The van der Waals surface area contributed by atoms with Gasteiger partial charge in [0.1, 0.15) is 0 Å². The molecule has 2 aromatic rings. The van der Waals surface area contributed by atoms with E-state index >= 15 is 0 Å². The summed E-state index contributed by atoms with van der Waals surface area (Å²) >= 11 is 0. The van der Waals surface area contributed by atoms with E-state index in [0.29, 0.717) is 6.61 Å². The third kappa shape index (κ3) is 4.53. The van der Waals surface area contributed by atoms with Crippen molar-refractivity contribution in [3.05, 3.63) is 72.8 Å². The minimum absolute atomic E-state index is 0.0276. The first-order valence-electron chi connectivity index (χ1n) is 9.39. The second-order valence-electron chi connectivity index (χ2n) is 8.14. The molecular formula is C23H32O2Si. The summed E-state index contributed by atoms with van der Waals surface area (Å²) in [4.78, 5) is 0. The van der Waals surface area contributed by atoms with E-state index in [-0.39, 0.29) is 11.0 Å². The molecule has 0 amide bonds. The van der Waals surface area contributed by atoms with Gasteiger partial charge in [-0.15, -0.1) is 0 Å². The summed E-state index contributed by atoms with van der Waals surface area (Å²) in [7, 11) is -2.48. The van der Waals surface area contributed by atoms with Gasteiger partial charge < -0.3 is 9.53 Å². The standard InChI is InChI=1S/C23H32O2Si/c1-19(2)22(24)17-12-18-25-26(23(3,4)5,20-13-8-6-9-14-20)21-15-10-7-11-16-21/h6-17,19,22,24H,18H2,1-5H3/b17-12+/t22-/m0/s1. The number of hydrogen-bond acceptors (Lipinski definition) is 2. The molecule has 0 aromatic heterocycles. The first kappa shape index (κ1) is 20.6. The van der Waals surface area contributed by atoms with E-state index in [4.69, 9.17) is 4.43 Å². The Morgan fingerprint density at radius 3 is 1.77 bits per heavy atom. The number of aliphatic hydroxyl groups is 1. The molecule has 140 valence electrons. The maximum atomic E-state index is 10.0. The minimum atomic E-state index is -2.48. The second kappa shape index (κ2) is 8.80. The highest BCUT2D eigenvalue weighted by Gasteiger charge is 2.49. The fourth-order valence-electron chi connectivity index (χ4n) is 3.35. The van der Waals surface area contributed by atoms with Crippen LogP contribution in [0.4, 0.5) is 0 Å². The first-order chi connectivity index (χ1) is 12.3. The Kier molecular flexibility index (Phi) is 6.99. The molecule has 2 rings (SSSR count). The van der Waals surface area contributed by atoms with Crippen LogP contribution in [0.5, 0.6) is 0 Å². The number of benzene rings is 2. The second-order valence-corrected chi connectivity index (χ2v) is 12.4. The van der Waals surface area contributed by atoms with Crippen LogP contribution in [0.2, 0.25) is 5.04 Å². The predicted molar refractivity (Wildman–Crippen MR) is 114 cm³/mol. The van der Waals surface area contributed by atoms with Gasteiger partial charge in [0.15, 0.2) is 0 Å². The van der Waals surface area contributed by atoms with Crippen molar-refractivity contribution >= 4 is 18.7 Å². The first-order valence-corrected chi connectivity index (χ1v) is 11.3. The van der Waals surface area contributed by atoms with Crippen LogP contribution in [-0.4, -0.2) is 26.1 Å². The molecule has 0 saturated carbocycles. The predicted octanol–water partition coefficient (Wildman–Crippen LogP) is 4.14. The van der Waals surface area contributed by atoms with Crippen molar-refractivity contribution in [1.82, 2.24) is 0 Å². The van der Waals surface area contributed by atoms with Gasteiger partial charge in [0, 0.05) is 0 Å². The zero-order valence-corrected chi connectivity index (χ0v) is 17.6. The third-order valence-electron chi connectivity index (χ3n) is 4.83. The fourth-order valence-corrected chi connectivity index (χ4v) is 7.85. The summed E-state index contributed by atoms with van der Waals surface area (Å²) in [5, 5.41) is 12.5. The Morgan fingerprint density at radius 2 is 1.38 bits per heavy atom. The summed E-state index contributed by atoms with van der Waals surface area (Å²) in [6.45, 7) is 11.3. The molecule has 0 saturated heterocycles. The molecule has 0 unspecified atom stereocenters. The van der Waals surface area contributed by atoms with Crippen LogP contribution in [0.25, 0.3) is 0 Å². The highest BCUT2D eigenvalue weighted by molar-refractivity contribution is 6.99. The molecule has 0 aliphatic rings. The average molecular weight is 369 g/mol. The fraction of sp³-hybridized carbons (Fsp3) is 0.391. The minimum Gasteiger partial charge on any atom is -0.404 e. The van der Waals surface area contributed by atoms with Crippen molar-refractivity contribution in [2.24, 2.45) is 5.92 Å². The number of hydrogen-bond donors (Lipinski definition) is 1. The molecule has 2 nitrogen and oxygen atoms in total. The Labute approximate surface area is 159 Å². The van der Waals surface area contributed by atoms with Crippen molar-refractivity contribution < 1.29 is 9.53 Å². The van der Waals surface area contributed by atoms with Crippen LogP contribution in [0.1, 0.15) is 34.6 Å². The van der Waals surface area contributed by atoms with E-state index in [9.17, 15) is 5.11 Å². The Hall–Kier alpha value is -1.68. The van der Waals surface area contributed by atoms with E-state index in [1.54, 1.807) is 0 Å². The van der Waals surface area contributed by atoms with Gasteiger partial charge in [-0.2, -0.15) is 0 Å². The van der Waals surface area contributed by atoms with Crippen LogP contribution in [0.3, 0.4) is 0 Å². The molecular weight excluding hydrogens is 336 g/mol. The van der Waals surface area contributed by atoms with Gasteiger partial charge in [0.2, 0.25) is 0 Å².